The van der Waals surface area contributed by atoms with Crippen molar-refractivity contribution in [1.82, 2.24) is 9.88 Å². The summed E-state index contributed by atoms with van der Waals surface area (Å²) < 4.78 is 20.1. The Morgan fingerprint density at radius 2 is 1.81 bits per heavy atom. The van der Waals surface area contributed by atoms with E-state index in [1.807, 2.05) is 18.2 Å². The minimum Gasteiger partial charge on any atom is -0.497 e. The third kappa shape index (κ3) is 3.40. The zero-order valence-electron chi connectivity index (χ0n) is 17.1. The van der Waals surface area contributed by atoms with E-state index in [9.17, 15) is 9.18 Å². The van der Waals surface area contributed by atoms with Gasteiger partial charge in [0.15, 0.2) is 0 Å². The summed E-state index contributed by atoms with van der Waals surface area (Å²) in [6.07, 6.45) is 0.695. The van der Waals surface area contributed by atoms with Crippen molar-refractivity contribution in [1.29, 1.82) is 0 Å². The second kappa shape index (κ2) is 7.80. The predicted octanol–water partition coefficient (Wildman–Crippen LogP) is 5.50. The molecule has 1 aliphatic heterocycles. The van der Waals surface area contributed by atoms with Crippen LogP contribution in [0.1, 0.15) is 22.9 Å². The van der Waals surface area contributed by atoms with Crippen LogP contribution in [-0.4, -0.2) is 29.6 Å². The Bertz CT molecular complexity index is 1250. The van der Waals surface area contributed by atoms with Crippen LogP contribution in [-0.2, 0) is 6.42 Å². The van der Waals surface area contributed by atoms with Gasteiger partial charge < -0.3 is 19.9 Å². The molecule has 0 saturated heterocycles. The average Bonchev–Trinajstić information content (AvgIpc) is 3.18. The summed E-state index contributed by atoms with van der Waals surface area (Å²) in [6, 6.07) is 21.0. The van der Waals surface area contributed by atoms with Gasteiger partial charge in [-0.05, 0) is 48.4 Å². The lowest BCUT2D eigenvalue weighted by Gasteiger charge is -2.36. The molecule has 3 aromatic carbocycles. The molecule has 0 fully saturated rings. The molecule has 0 unspecified atom stereocenters. The zero-order valence-corrected chi connectivity index (χ0v) is 17.1. The van der Waals surface area contributed by atoms with Crippen LogP contribution in [0.5, 0.6) is 5.75 Å². The van der Waals surface area contributed by atoms with Gasteiger partial charge in [-0.2, -0.15) is 0 Å². The molecule has 0 aliphatic carbocycles. The Hall–Kier alpha value is -3.80. The molecule has 1 aromatic heterocycles. The summed E-state index contributed by atoms with van der Waals surface area (Å²) in [5.74, 6) is 0.379. The second-order valence-electron chi connectivity index (χ2n) is 7.59. The van der Waals surface area contributed by atoms with Crippen LogP contribution in [0.2, 0.25) is 0 Å². The van der Waals surface area contributed by atoms with Crippen molar-refractivity contribution in [3.63, 3.8) is 0 Å². The summed E-state index contributed by atoms with van der Waals surface area (Å²) in [5.41, 5.74) is 4.12. The largest absolute Gasteiger partial charge is 0.497 e. The van der Waals surface area contributed by atoms with Crippen LogP contribution in [0, 0.1) is 5.82 Å². The molecule has 0 saturated carbocycles. The van der Waals surface area contributed by atoms with Gasteiger partial charge in [0.1, 0.15) is 17.6 Å². The summed E-state index contributed by atoms with van der Waals surface area (Å²) in [6.45, 7) is 0.482. The molecular formula is C25H22FN3O2. The van der Waals surface area contributed by atoms with E-state index in [0.29, 0.717) is 30.0 Å². The molecule has 6 heteroatoms. The number of fused-ring (bicyclic) bond motifs is 3. The van der Waals surface area contributed by atoms with Crippen LogP contribution >= 0.6 is 0 Å². The van der Waals surface area contributed by atoms with Crippen LogP contribution in [0.3, 0.4) is 0 Å². The van der Waals surface area contributed by atoms with Crippen LogP contribution in [0.4, 0.5) is 14.9 Å². The number of rotatable bonds is 3. The number of hydrogen-bond donors (Lipinski definition) is 2. The molecule has 0 radical (unpaired) electrons. The van der Waals surface area contributed by atoms with Crippen LogP contribution in [0.25, 0.3) is 10.9 Å². The number of hydrogen-bond acceptors (Lipinski definition) is 2. The van der Waals surface area contributed by atoms with E-state index in [1.54, 1.807) is 54.5 Å². The third-order valence-electron chi connectivity index (χ3n) is 5.84. The Labute approximate surface area is 179 Å². The lowest BCUT2D eigenvalue weighted by Crippen LogP contribution is -2.43. The zero-order chi connectivity index (χ0) is 21.4. The Kier molecular flexibility index (Phi) is 4.82. The van der Waals surface area contributed by atoms with Crippen molar-refractivity contribution in [3.05, 3.63) is 95.4 Å². The smallest absolute Gasteiger partial charge is 0.322 e. The first kappa shape index (κ1) is 19.2. The summed E-state index contributed by atoms with van der Waals surface area (Å²) in [7, 11) is 1.60. The molecule has 2 N–H and O–H groups in total. The number of nitrogens with one attached hydrogen (secondary N) is 2. The van der Waals surface area contributed by atoms with Crippen molar-refractivity contribution in [2.45, 2.75) is 12.5 Å². The molecule has 4 aromatic rings. The topological polar surface area (TPSA) is 57.4 Å². The van der Waals surface area contributed by atoms with Crippen molar-refractivity contribution in [2.24, 2.45) is 0 Å². The molecule has 2 heterocycles. The van der Waals surface area contributed by atoms with Gasteiger partial charge in [0.05, 0.1) is 7.11 Å². The summed E-state index contributed by atoms with van der Waals surface area (Å²) in [4.78, 5) is 18.4. The summed E-state index contributed by atoms with van der Waals surface area (Å²) in [5, 5.41) is 4.06. The lowest BCUT2D eigenvalue weighted by molar-refractivity contribution is 0.192. The van der Waals surface area contributed by atoms with Crippen LogP contribution < -0.4 is 10.1 Å². The fraction of sp³-hybridized carbons (Fsp3) is 0.160. The lowest BCUT2D eigenvalue weighted by atomic mass is 9.92. The highest BCUT2D eigenvalue weighted by Gasteiger charge is 2.35. The molecule has 5 rings (SSSR count). The number of aromatic amines is 1. The predicted molar refractivity (Wildman–Crippen MR) is 119 cm³/mol. The first-order valence-corrected chi connectivity index (χ1v) is 10.2. The number of aromatic nitrogens is 1. The van der Waals surface area contributed by atoms with E-state index in [0.717, 1.165) is 22.2 Å². The molecule has 31 heavy (non-hydrogen) atoms. The van der Waals surface area contributed by atoms with Gasteiger partial charge in [-0.3, -0.25) is 0 Å². The molecule has 156 valence electrons. The Balaban J connectivity index is 1.56. The van der Waals surface area contributed by atoms with Crippen molar-refractivity contribution in [2.75, 3.05) is 19.0 Å². The molecular weight excluding hydrogens is 393 g/mol. The number of halogens is 1. The highest BCUT2D eigenvalue weighted by Crippen LogP contribution is 2.39. The number of para-hydroxylation sites is 1. The van der Waals surface area contributed by atoms with E-state index >= 15 is 0 Å². The van der Waals surface area contributed by atoms with E-state index in [4.69, 9.17) is 4.74 Å². The number of H-pyrrole nitrogens is 1. The molecule has 0 bridgehead atoms. The average molecular weight is 415 g/mol. The number of benzene rings is 3. The Morgan fingerprint density at radius 3 is 2.58 bits per heavy atom. The highest BCUT2D eigenvalue weighted by atomic mass is 19.1. The number of nitrogens with zero attached hydrogens (tertiary/aromatic N) is 1. The van der Waals surface area contributed by atoms with Gasteiger partial charge in [-0.15, -0.1) is 0 Å². The van der Waals surface area contributed by atoms with Gasteiger partial charge in [0, 0.05) is 34.4 Å². The quantitative estimate of drug-likeness (QED) is 0.465. The van der Waals surface area contributed by atoms with E-state index < -0.39 is 6.04 Å². The van der Waals surface area contributed by atoms with E-state index in [-0.39, 0.29) is 11.8 Å². The SMILES string of the molecule is COc1ccc(NC(=O)N2CCc3c([nH]c4ccccc34)[C@@H]2c2ccccc2F)cc1. The van der Waals surface area contributed by atoms with Crippen molar-refractivity contribution < 1.29 is 13.9 Å². The highest BCUT2D eigenvalue weighted by molar-refractivity contribution is 5.91. The van der Waals surface area contributed by atoms with Gasteiger partial charge in [-0.25, -0.2) is 9.18 Å². The number of amides is 2. The number of urea groups is 1. The minimum absolute atomic E-state index is 0.275. The molecule has 1 atom stereocenters. The van der Waals surface area contributed by atoms with Crippen LogP contribution in [0.15, 0.2) is 72.8 Å². The molecule has 1 aliphatic rings. The van der Waals surface area contributed by atoms with Crippen molar-refractivity contribution in [3.8, 4) is 5.75 Å². The number of carbonyl (C=O) groups excluding carboxylic acids is 1. The second-order valence-corrected chi connectivity index (χ2v) is 7.59. The first-order chi connectivity index (χ1) is 15.2. The summed E-state index contributed by atoms with van der Waals surface area (Å²) >= 11 is 0. The van der Waals surface area contributed by atoms with Gasteiger partial charge in [0.2, 0.25) is 0 Å². The first-order valence-electron chi connectivity index (χ1n) is 10.2. The van der Waals surface area contributed by atoms with Gasteiger partial charge in [0.25, 0.3) is 0 Å². The normalized spacial score (nSPS) is 15.5. The number of carbonyl (C=O) groups is 1. The monoisotopic (exact) mass is 415 g/mol. The number of methoxy groups -OCH3 is 1. The van der Waals surface area contributed by atoms with Gasteiger partial charge in [-0.1, -0.05) is 36.4 Å². The molecule has 0 spiro atoms. The standard InChI is InChI=1S/C25H22FN3O2/c1-31-17-12-10-16(11-13-17)27-25(30)29-15-14-19-18-6-3-5-9-22(18)28-23(19)24(29)20-7-2-4-8-21(20)26/h2-13,24,28H,14-15H2,1H3,(H,27,30)/t24-/m0/s1. The maximum absolute atomic E-state index is 14.9. The molecule has 5 nitrogen and oxygen atoms in total. The Morgan fingerprint density at radius 1 is 1.06 bits per heavy atom. The van der Waals surface area contributed by atoms with E-state index in [2.05, 4.69) is 16.4 Å². The fourth-order valence-electron chi connectivity index (χ4n) is 4.35. The number of ether oxygens (including phenoxy) is 1. The fourth-order valence-corrected chi connectivity index (χ4v) is 4.35. The minimum atomic E-state index is -0.546. The maximum atomic E-state index is 14.9. The van der Waals surface area contributed by atoms with Gasteiger partial charge >= 0.3 is 6.03 Å². The molecule has 2 amide bonds. The third-order valence-corrected chi connectivity index (χ3v) is 5.84. The van der Waals surface area contributed by atoms with E-state index in [1.165, 1.54) is 6.07 Å². The van der Waals surface area contributed by atoms with Crippen molar-refractivity contribution >= 4 is 22.6 Å². The maximum Gasteiger partial charge on any atom is 0.322 e. The number of anilines is 1.